The molecular formula is C18H19NO4. The molecule has 2 aromatic carbocycles. The van der Waals surface area contributed by atoms with Gasteiger partial charge >= 0.3 is 0 Å². The highest BCUT2D eigenvalue weighted by molar-refractivity contribution is 5.85. The molecule has 1 saturated heterocycles. The van der Waals surface area contributed by atoms with Gasteiger partial charge in [0.15, 0.2) is 0 Å². The Balaban J connectivity index is 2.03. The maximum Gasteiger partial charge on any atom is 0.254 e. The lowest BCUT2D eigenvalue weighted by atomic mass is 9.85. The summed E-state index contributed by atoms with van der Waals surface area (Å²) in [5.74, 6) is -1.17. The Kier molecular flexibility index (Phi) is 4.43. The van der Waals surface area contributed by atoms with Gasteiger partial charge in [-0.05, 0) is 11.1 Å². The first-order valence-electron chi connectivity index (χ1n) is 7.52. The molecule has 2 aromatic rings. The number of hydrogen-bond acceptors (Lipinski definition) is 4. The summed E-state index contributed by atoms with van der Waals surface area (Å²) < 4.78 is 0. The van der Waals surface area contributed by atoms with E-state index in [9.17, 15) is 20.1 Å². The van der Waals surface area contributed by atoms with Crippen molar-refractivity contribution < 1.29 is 20.1 Å². The second-order valence-electron chi connectivity index (χ2n) is 5.68. The summed E-state index contributed by atoms with van der Waals surface area (Å²) in [7, 11) is 0. The second-order valence-corrected chi connectivity index (χ2v) is 5.68. The number of carbonyl (C=O) groups is 1. The van der Waals surface area contributed by atoms with Crippen molar-refractivity contribution in [2.24, 2.45) is 0 Å². The standard InChI is InChI=1S/C18H19NO4/c20-11-19-15(16(21)13-9-5-2-6-10-13)14(17(22)18(19)23)12-7-3-1-4-8-12/h1-10,14-17,20-22H,11H2/t14-,15-,16?,17+/m1/s1. The molecule has 1 amide bonds. The summed E-state index contributed by atoms with van der Waals surface area (Å²) in [4.78, 5) is 13.4. The molecule has 5 heteroatoms. The maximum atomic E-state index is 12.3. The molecule has 0 aromatic heterocycles. The Labute approximate surface area is 134 Å². The van der Waals surface area contributed by atoms with E-state index in [1.54, 1.807) is 24.3 Å². The predicted molar refractivity (Wildman–Crippen MR) is 84.3 cm³/mol. The van der Waals surface area contributed by atoms with E-state index >= 15 is 0 Å². The van der Waals surface area contributed by atoms with Crippen LogP contribution in [0.3, 0.4) is 0 Å². The molecule has 3 N–H and O–H groups in total. The number of aliphatic hydroxyl groups is 3. The Hall–Kier alpha value is -2.21. The molecule has 0 aliphatic carbocycles. The maximum absolute atomic E-state index is 12.3. The highest BCUT2D eigenvalue weighted by atomic mass is 16.3. The summed E-state index contributed by atoms with van der Waals surface area (Å²) in [5.41, 5.74) is 1.39. The number of aliphatic hydroxyl groups excluding tert-OH is 3. The predicted octanol–water partition coefficient (Wildman–Crippen LogP) is 1.03. The quantitative estimate of drug-likeness (QED) is 0.787. The third kappa shape index (κ3) is 2.74. The van der Waals surface area contributed by atoms with Crippen LogP contribution in [0.2, 0.25) is 0 Å². The summed E-state index contributed by atoms with van der Waals surface area (Å²) in [5, 5.41) is 30.7. The van der Waals surface area contributed by atoms with Crippen molar-refractivity contribution in [2.45, 2.75) is 24.2 Å². The van der Waals surface area contributed by atoms with Crippen molar-refractivity contribution in [2.75, 3.05) is 6.73 Å². The minimum absolute atomic E-state index is 0.548. The molecule has 0 bridgehead atoms. The van der Waals surface area contributed by atoms with E-state index in [1.807, 2.05) is 36.4 Å². The molecule has 1 heterocycles. The first-order chi connectivity index (χ1) is 11.1. The van der Waals surface area contributed by atoms with Crippen LogP contribution < -0.4 is 0 Å². The molecule has 4 atom stereocenters. The molecule has 1 aliphatic rings. The molecule has 1 aliphatic heterocycles. The fraction of sp³-hybridized carbons (Fsp3) is 0.278. The van der Waals surface area contributed by atoms with Gasteiger partial charge in [-0.25, -0.2) is 0 Å². The Bertz CT molecular complexity index is 661. The van der Waals surface area contributed by atoms with Gasteiger partial charge in [0.1, 0.15) is 18.9 Å². The number of carbonyl (C=O) groups excluding carboxylic acids is 1. The average molecular weight is 313 g/mol. The normalized spacial score (nSPS) is 25.6. The van der Waals surface area contributed by atoms with Crippen LogP contribution >= 0.6 is 0 Å². The van der Waals surface area contributed by atoms with Gasteiger partial charge in [-0.2, -0.15) is 0 Å². The first-order valence-corrected chi connectivity index (χ1v) is 7.52. The van der Waals surface area contributed by atoms with Crippen molar-refractivity contribution in [3.05, 3.63) is 71.8 Å². The van der Waals surface area contributed by atoms with Crippen LogP contribution in [0.4, 0.5) is 0 Å². The number of rotatable bonds is 4. The highest BCUT2D eigenvalue weighted by Gasteiger charge is 2.50. The van der Waals surface area contributed by atoms with Crippen LogP contribution in [0.15, 0.2) is 60.7 Å². The SMILES string of the molecule is O=C1[C@@H](O)[C@H](c2ccccc2)[C@H](C(O)c2ccccc2)N1CO. The van der Waals surface area contributed by atoms with Crippen LogP contribution in [0.5, 0.6) is 0 Å². The molecule has 0 spiro atoms. The lowest BCUT2D eigenvalue weighted by molar-refractivity contribution is -0.140. The fourth-order valence-electron chi connectivity index (χ4n) is 3.28. The van der Waals surface area contributed by atoms with Crippen LogP contribution in [-0.2, 0) is 4.79 Å². The number of benzene rings is 2. The van der Waals surface area contributed by atoms with Gasteiger partial charge in [0.2, 0.25) is 0 Å². The molecule has 1 fully saturated rings. The molecule has 0 saturated carbocycles. The van der Waals surface area contributed by atoms with E-state index in [-0.39, 0.29) is 0 Å². The van der Waals surface area contributed by atoms with Crippen LogP contribution in [-0.4, -0.2) is 45.0 Å². The first kappa shape index (κ1) is 15.7. The second kappa shape index (κ2) is 6.50. The zero-order valence-electron chi connectivity index (χ0n) is 12.5. The smallest absolute Gasteiger partial charge is 0.254 e. The monoisotopic (exact) mass is 313 g/mol. The lowest BCUT2D eigenvalue weighted by Crippen LogP contribution is -2.40. The van der Waals surface area contributed by atoms with E-state index in [0.29, 0.717) is 5.56 Å². The summed E-state index contributed by atoms with van der Waals surface area (Å²) in [6.07, 6.45) is -2.29. The molecule has 120 valence electrons. The van der Waals surface area contributed by atoms with Gasteiger partial charge in [-0.1, -0.05) is 60.7 Å². The van der Waals surface area contributed by atoms with Crippen molar-refractivity contribution in [1.82, 2.24) is 4.90 Å². The van der Waals surface area contributed by atoms with Crippen molar-refractivity contribution in [3.8, 4) is 0 Å². The van der Waals surface area contributed by atoms with E-state index in [0.717, 1.165) is 10.5 Å². The van der Waals surface area contributed by atoms with Crippen molar-refractivity contribution in [3.63, 3.8) is 0 Å². The van der Waals surface area contributed by atoms with Crippen molar-refractivity contribution in [1.29, 1.82) is 0 Å². The number of hydrogen-bond donors (Lipinski definition) is 3. The summed E-state index contributed by atoms with van der Waals surface area (Å²) in [6, 6.07) is 17.3. The minimum atomic E-state index is -1.28. The van der Waals surface area contributed by atoms with Crippen LogP contribution in [0.25, 0.3) is 0 Å². The van der Waals surface area contributed by atoms with Gasteiger partial charge < -0.3 is 20.2 Å². The minimum Gasteiger partial charge on any atom is -0.386 e. The largest absolute Gasteiger partial charge is 0.386 e. The third-order valence-corrected chi connectivity index (χ3v) is 4.41. The van der Waals surface area contributed by atoms with Gasteiger partial charge in [0.05, 0.1) is 6.04 Å². The zero-order valence-corrected chi connectivity index (χ0v) is 12.5. The Morgan fingerprint density at radius 3 is 2.13 bits per heavy atom. The molecule has 1 unspecified atom stereocenters. The van der Waals surface area contributed by atoms with Gasteiger partial charge in [0, 0.05) is 5.92 Å². The van der Waals surface area contributed by atoms with E-state index in [2.05, 4.69) is 0 Å². The molecular weight excluding hydrogens is 294 g/mol. The van der Waals surface area contributed by atoms with E-state index in [1.165, 1.54) is 0 Å². The summed E-state index contributed by atoms with van der Waals surface area (Å²) in [6.45, 7) is -0.548. The van der Waals surface area contributed by atoms with Crippen LogP contribution in [0, 0.1) is 0 Å². The Morgan fingerprint density at radius 1 is 1.00 bits per heavy atom. The zero-order chi connectivity index (χ0) is 16.4. The fourth-order valence-corrected chi connectivity index (χ4v) is 3.28. The number of nitrogens with zero attached hydrogens (tertiary/aromatic N) is 1. The van der Waals surface area contributed by atoms with E-state index < -0.39 is 36.8 Å². The van der Waals surface area contributed by atoms with Gasteiger partial charge in [-0.3, -0.25) is 4.79 Å². The van der Waals surface area contributed by atoms with Gasteiger partial charge in [0.25, 0.3) is 5.91 Å². The van der Waals surface area contributed by atoms with E-state index in [4.69, 9.17) is 0 Å². The highest BCUT2D eigenvalue weighted by Crippen LogP contribution is 2.40. The molecule has 5 nitrogen and oxygen atoms in total. The topological polar surface area (TPSA) is 81.0 Å². The number of amides is 1. The third-order valence-electron chi connectivity index (χ3n) is 4.41. The molecule has 3 rings (SSSR count). The van der Waals surface area contributed by atoms with Crippen LogP contribution in [0.1, 0.15) is 23.1 Å². The summed E-state index contributed by atoms with van der Waals surface area (Å²) >= 11 is 0. The van der Waals surface area contributed by atoms with Gasteiger partial charge in [-0.15, -0.1) is 0 Å². The lowest BCUT2D eigenvalue weighted by Gasteiger charge is -2.31. The van der Waals surface area contributed by atoms with Crippen molar-refractivity contribution >= 4 is 5.91 Å². The average Bonchev–Trinajstić information content (AvgIpc) is 2.86. The Morgan fingerprint density at radius 2 is 1.57 bits per heavy atom. The molecule has 0 radical (unpaired) electrons. The number of likely N-dealkylation sites (tertiary alicyclic amines) is 1. The molecule has 23 heavy (non-hydrogen) atoms.